The average molecular weight is 382 g/mol. The van der Waals surface area contributed by atoms with Crippen molar-refractivity contribution < 1.29 is 31.0 Å². The molecule has 0 bridgehead atoms. The topological polar surface area (TPSA) is 0 Å². The van der Waals surface area contributed by atoms with E-state index in [9.17, 15) is 0 Å². The third kappa shape index (κ3) is 5.68. The van der Waals surface area contributed by atoms with E-state index in [0.717, 1.165) is 0 Å². The molecule has 0 saturated carbocycles. The predicted molar refractivity (Wildman–Crippen MR) is 124 cm³/mol. The van der Waals surface area contributed by atoms with Crippen molar-refractivity contribution in [2.45, 2.75) is 0 Å². The Labute approximate surface area is 197 Å². The molecule has 0 aliphatic carbocycles. The Hall–Kier alpha value is -2.64. The zero-order chi connectivity index (χ0) is 19.0. The molecule has 4 rings (SSSR count). The summed E-state index contributed by atoms with van der Waals surface area (Å²) in [6.45, 7) is 0. The van der Waals surface area contributed by atoms with Crippen LogP contribution in [0.3, 0.4) is 0 Å². The molecule has 0 aromatic heterocycles. The molecule has 0 fully saturated rings. The number of benzene rings is 4. The molecule has 29 heavy (non-hydrogen) atoms. The first-order valence-corrected chi connectivity index (χ1v) is 9.55. The van der Waals surface area contributed by atoms with Crippen molar-refractivity contribution in [3.63, 3.8) is 0 Å². The molecular weight excluding hydrogens is 359 g/mol. The largest absolute Gasteiger partial charge is 1.00 e. The van der Waals surface area contributed by atoms with Gasteiger partial charge in [-0.1, -0.05) is 133 Å². The van der Waals surface area contributed by atoms with Crippen molar-refractivity contribution in [3.05, 3.63) is 131 Å². The van der Waals surface area contributed by atoms with Gasteiger partial charge in [-0.25, -0.2) is 0 Å². The molecule has 1 heteroatoms. The van der Waals surface area contributed by atoms with Crippen molar-refractivity contribution in [3.8, 4) is 11.1 Å². The van der Waals surface area contributed by atoms with Gasteiger partial charge in [-0.05, 0) is 33.4 Å². The molecule has 4 aromatic carbocycles. The SMILES string of the molecule is C(=Cc1cccc(-c2ccccc2)c1C=Cc1ccccc1)c1ccccc1.[H-].[Na+]. The van der Waals surface area contributed by atoms with Crippen LogP contribution < -0.4 is 29.6 Å². The zero-order valence-electron chi connectivity index (χ0n) is 17.7. The van der Waals surface area contributed by atoms with Gasteiger partial charge < -0.3 is 1.43 Å². The van der Waals surface area contributed by atoms with Crippen LogP contribution >= 0.6 is 0 Å². The third-order valence-electron chi connectivity index (χ3n) is 4.72. The van der Waals surface area contributed by atoms with E-state index in [1.54, 1.807) is 0 Å². The second-order valence-corrected chi connectivity index (χ2v) is 6.66. The predicted octanol–water partition coefficient (Wildman–Crippen LogP) is 4.81. The summed E-state index contributed by atoms with van der Waals surface area (Å²) in [4.78, 5) is 0. The minimum Gasteiger partial charge on any atom is -1.00 e. The van der Waals surface area contributed by atoms with Crippen LogP contribution in [-0.2, 0) is 0 Å². The summed E-state index contributed by atoms with van der Waals surface area (Å²) in [6.07, 6.45) is 8.78. The molecule has 0 N–H and O–H groups in total. The van der Waals surface area contributed by atoms with E-state index in [0.29, 0.717) is 0 Å². The van der Waals surface area contributed by atoms with Crippen molar-refractivity contribution in [1.29, 1.82) is 0 Å². The number of hydrogen-bond donors (Lipinski definition) is 0. The summed E-state index contributed by atoms with van der Waals surface area (Å²) in [5.41, 5.74) is 7.30. The Morgan fingerprint density at radius 3 is 1.55 bits per heavy atom. The second-order valence-electron chi connectivity index (χ2n) is 6.66. The molecular formula is C28H23Na. The molecule has 0 nitrogen and oxygen atoms in total. The van der Waals surface area contributed by atoms with Crippen LogP contribution in [0.4, 0.5) is 0 Å². The minimum atomic E-state index is 0. The average Bonchev–Trinajstić information content (AvgIpc) is 2.78. The summed E-state index contributed by atoms with van der Waals surface area (Å²) in [5.74, 6) is 0. The van der Waals surface area contributed by atoms with Gasteiger partial charge in [0.15, 0.2) is 0 Å². The Kier molecular flexibility index (Phi) is 7.84. The van der Waals surface area contributed by atoms with Crippen LogP contribution in [0.5, 0.6) is 0 Å². The molecule has 0 unspecified atom stereocenters. The van der Waals surface area contributed by atoms with Gasteiger partial charge in [0, 0.05) is 0 Å². The maximum absolute atomic E-state index is 2.22. The fraction of sp³-hybridized carbons (Fsp3) is 0. The Morgan fingerprint density at radius 2 is 0.966 bits per heavy atom. The molecule has 0 amide bonds. The quantitative estimate of drug-likeness (QED) is 0.343. The van der Waals surface area contributed by atoms with E-state index < -0.39 is 0 Å². The molecule has 0 atom stereocenters. The van der Waals surface area contributed by atoms with E-state index in [2.05, 4.69) is 121 Å². The first-order chi connectivity index (χ1) is 13.9. The fourth-order valence-electron chi connectivity index (χ4n) is 3.28. The Morgan fingerprint density at radius 1 is 0.448 bits per heavy atom. The minimum absolute atomic E-state index is 0. The molecule has 0 spiro atoms. The van der Waals surface area contributed by atoms with Gasteiger partial charge in [-0.3, -0.25) is 0 Å². The van der Waals surface area contributed by atoms with E-state index >= 15 is 0 Å². The molecule has 0 heterocycles. The van der Waals surface area contributed by atoms with E-state index in [1.165, 1.54) is 33.4 Å². The summed E-state index contributed by atoms with van der Waals surface area (Å²) in [5, 5.41) is 0. The van der Waals surface area contributed by atoms with Crippen LogP contribution in [0, 0.1) is 0 Å². The first-order valence-electron chi connectivity index (χ1n) is 9.55. The Balaban J connectivity index is 0.00000160. The van der Waals surface area contributed by atoms with Gasteiger partial charge in [-0.15, -0.1) is 0 Å². The van der Waals surface area contributed by atoms with Gasteiger partial charge in [0.25, 0.3) is 0 Å². The second kappa shape index (κ2) is 10.8. The summed E-state index contributed by atoms with van der Waals surface area (Å²) in [6, 6.07) is 37.9. The molecule has 0 saturated heterocycles. The smallest absolute Gasteiger partial charge is 1.00 e. The van der Waals surface area contributed by atoms with E-state index in [1.807, 2.05) is 12.1 Å². The van der Waals surface area contributed by atoms with Crippen LogP contribution in [-0.4, -0.2) is 0 Å². The van der Waals surface area contributed by atoms with Crippen LogP contribution in [0.25, 0.3) is 35.4 Å². The molecule has 0 aliphatic rings. The van der Waals surface area contributed by atoms with Gasteiger partial charge in [0.05, 0.1) is 0 Å². The Bertz CT molecular complexity index is 1090. The van der Waals surface area contributed by atoms with Crippen molar-refractivity contribution >= 4 is 24.3 Å². The van der Waals surface area contributed by atoms with Crippen LogP contribution in [0.15, 0.2) is 109 Å². The molecule has 136 valence electrons. The van der Waals surface area contributed by atoms with Gasteiger partial charge >= 0.3 is 29.6 Å². The van der Waals surface area contributed by atoms with Crippen LogP contribution in [0.1, 0.15) is 23.7 Å². The van der Waals surface area contributed by atoms with E-state index in [4.69, 9.17) is 0 Å². The van der Waals surface area contributed by atoms with Gasteiger partial charge in [-0.2, -0.15) is 0 Å². The van der Waals surface area contributed by atoms with Gasteiger partial charge in [0.1, 0.15) is 0 Å². The summed E-state index contributed by atoms with van der Waals surface area (Å²) >= 11 is 0. The number of hydrogen-bond acceptors (Lipinski definition) is 0. The monoisotopic (exact) mass is 382 g/mol. The normalized spacial score (nSPS) is 10.9. The number of rotatable bonds is 5. The zero-order valence-corrected chi connectivity index (χ0v) is 18.7. The summed E-state index contributed by atoms with van der Waals surface area (Å²) in [7, 11) is 0. The molecule has 0 radical (unpaired) electrons. The molecule has 0 aliphatic heterocycles. The third-order valence-corrected chi connectivity index (χ3v) is 4.72. The van der Waals surface area contributed by atoms with Crippen molar-refractivity contribution in [1.82, 2.24) is 0 Å². The maximum Gasteiger partial charge on any atom is 1.00 e. The van der Waals surface area contributed by atoms with Gasteiger partial charge in [0.2, 0.25) is 0 Å². The fourth-order valence-corrected chi connectivity index (χ4v) is 3.28. The summed E-state index contributed by atoms with van der Waals surface area (Å²) < 4.78 is 0. The van der Waals surface area contributed by atoms with Crippen LogP contribution in [0.2, 0.25) is 0 Å². The standard InChI is InChI=1S/C28H22.Na.H/c1-4-11-23(12-5-1)19-21-26-17-10-18-27(25-15-8-3-9-16-25)28(26)22-20-24-13-6-2-7-14-24;;/h1-22H;;/q;+1;-1. The van der Waals surface area contributed by atoms with Crippen molar-refractivity contribution in [2.75, 3.05) is 0 Å². The maximum atomic E-state index is 2.22. The molecule has 4 aromatic rings. The first kappa shape index (κ1) is 21.1. The van der Waals surface area contributed by atoms with Crippen molar-refractivity contribution in [2.24, 2.45) is 0 Å². The van der Waals surface area contributed by atoms with E-state index in [-0.39, 0.29) is 31.0 Å².